The molecule has 7 heteroatoms. The first-order chi connectivity index (χ1) is 9.77. The number of para-hydroxylation sites is 1. The highest BCUT2D eigenvalue weighted by Crippen LogP contribution is 2.15. The van der Waals surface area contributed by atoms with Crippen LogP contribution in [0, 0.1) is 0 Å². The first-order valence-electron chi connectivity index (χ1n) is 6.18. The van der Waals surface area contributed by atoms with Crippen molar-refractivity contribution < 1.29 is 4.74 Å². The van der Waals surface area contributed by atoms with E-state index >= 15 is 0 Å². The number of ether oxygens (including phenoxy) is 1. The van der Waals surface area contributed by atoms with Crippen LogP contribution in [0.15, 0.2) is 29.1 Å². The van der Waals surface area contributed by atoms with Crippen LogP contribution in [-0.2, 0) is 17.2 Å². The molecule has 0 aliphatic heterocycles. The predicted molar refractivity (Wildman–Crippen MR) is 76.2 cm³/mol. The molecule has 3 aromatic rings. The minimum Gasteiger partial charge on any atom is -0.383 e. The molecule has 0 fully saturated rings. The minimum atomic E-state index is -0.0985. The summed E-state index contributed by atoms with van der Waals surface area (Å²) in [6, 6.07) is 7.36. The highest BCUT2D eigenvalue weighted by molar-refractivity contribution is 6.16. The number of methoxy groups -OCH3 is 1. The Morgan fingerprint density at radius 3 is 2.85 bits per heavy atom. The molecule has 0 atom stereocenters. The number of fused-ring (bicyclic) bond motifs is 3. The van der Waals surface area contributed by atoms with E-state index in [9.17, 15) is 4.79 Å². The Morgan fingerprint density at radius 1 is 1.30 bits per heavy atom. The van der Waals surface area contributed by atoms with Crippen molar-refractivity contribution in [2.45, 2.75) is 12.4 Å². The minimum absolute atomic E-state index is 0.0985. The molecule has 0 saturated heterocycles. The Labute approximate surface area is 119 Å². The van der Waals surface area contributed by atoms with Crippen molar-refractivity contribution in [2.75, 3.05) is 13.7 Å². The summed E-state index contributed by atoms with van der Waals surface area (Å²) in [4.78, 5) is 12.5. The molecule has 0 saturated carbocycles. The summed E-state index contributed by atoms with van der Waals surface area (Å²) in [6.45, 7) is 0.848. The summed E-state index contributed by atoms with van der Waals surface area (Å²) in [5.41, 5.74) is 0.667. The largest absolute Gasteiger partial charge is 0.383 e. The van der Waals surface area contributed by atoms with Crippen LogP contribution in [0.1, 0.15) is 5.82 Å². The van der Waals surface area contributed by atoms with Gasteiger partial charge in [-0.2, -0.15) is 0 Å². The van der Waals surface area contributed by atoms with Gasteiger partial charge in [-0.15, -0.1) is 21.8 Å². The number of aromatic nitrogens is 4. The van der Waals surface area contributed by atoms with Crippen molar-refractivity contribution in [3.05, 3.63) is 40.4 Å². The molecule has 20 heavy (non-hydrogen) atoms. The van der Waals surface area contributed by atoms with Gasteiger partial charge in [-0.1, -0.05) is 12.1 Å². The number of halogens is 1. The molecule has 0 spiro atoms. The molecular weight excluding hydrogens is 280 g/mol. The van der Waals surface area contributed by atoms with E-state index in [0.29, 0.717) is 30.1 Å². The van der Waals surface area contributed by atoms with Crippen molar-refractivity contribution in [3.63, 3.8) is 0 Å². The van der Waals surface area contributed by atoms with Crippen molar-refractivity contribution in [3.8, 4) is 0 Å². The molecule has 0 N–H and O–H groups in total. The highest BCUT2D eigenvalue weighted by atomic mass is 35.5. The molecule has 0 unspecified atom stereocenters. The lowest BCUT2D eigenvalue weighted by molar-refractivity contribution is 0.187. The van der Waals surface area contributed by atoms with Gasteiger partial charge in [-0.25, -0.2) is 0 Å². The Bertz CT molecular complexity index is 824. The van der Waals surface area contributed by atoms with Gasteiger partial charge in [0.1, 0.15) is 0 Å². The molecular formula is C13H13ClN4O2. The average molecular weight is 293 g/mol. The third-order valence-electron chi connectivity index (χ3n) is 3.21. The average Bonchev–Trinajstić information content (AvgIpc) is 2.91. The summed E-state index contributed by atoms with van der Waals surface area (Å²) in [6.07, 6.45) is 0. The van der Waals surface area contributed by atoms with Gasteiger partial charge in [-0.05, 0) is 12.1 Å². The first kappa shape index (κ1) is 13.1. The van der Waals surface area contributed by atoms with Gasteiger partial charge >= 0.3 is 0 Å². The zero-order chi connectivity index (χ0) is 14.1. The lowest BCUT2D eigenvalue weighted by Crippen LogP contribution is -2.25. The fourth-order valence-electron chi connectivity index (χ4n) is 2.29. The summed E-state index contributed by atoms with van der Waals surface area (Å²) in [5.74, 6) is 1.33. The molecule has 0 aliphatic rings. The second-order valence-electron chi connectivity index (χ2n) is 4.35. The van der Waals surface area contributed by atoms with Gasteiger partial charge in [0.05, 0.1) is 29.9 Å². The maximum absolute atomic E-state index is 12.5. The Hall–Kier alpha value is -1.92. The molecule has 104 valence electrons. The Balaban J connectivity index is 2.44. The standard InChI is InChI=1S/C13H13ClN4O2/c1-20-7-6-17-12(19)9-4-2-3-5-10(9)18-11(8-14)15-16-13(17)18/h2-5H,6-8H2,1H3. The maximum Gasteiger partial charge on any atom is 0.262 e. The lowest BCUT2D eigenvalue weighted by atomic mass is 10.2. The van der Waals surface area contributed by atoms with Gasteiger partial charge in [-0.3, -0.25) is 13.8 Å². The molecule has 3 rings (SSSR count). The third-order valence-corrected chi connectivity index (χ3v) is 3.45. The molecule has 0 aliphatic carbocycles. The van der Waals surface area contributed by atoms with E-state index in [1.54, 1.807) is 17.7 Å². The van der Waals surface area contributed by atoms with E-state index in [1.807, 2.05) is 22.6 Å². The predicted octanol–water partition coefficient (Wildman–Crippen LogP) is 1.43. The van der Waals surface area contributed by atoms with Crippen LogP contribution in [0.5, 0.6) is 0 Å². The molecule has 2 aromatic heterocycles. The third kappa shape index (κ3) is 1.88. The normalized spacial score (nSPS) is 11.5. The van der Waals surface area contributed by atoms with Crippen molar-refractivity contribution in [1.82, 2.24) is 19.2 Å². The molecule has 0 bridgehead atoms. The summed E-state index contributed by atoms with van der Waals surface area (Å²) < 4.78 is 8.43. The molecule has 2 heterocycles. The smallest absolute Gasteiger partial charge is 0.262 e. The summed E-state index contributed by atoms with van der Waals surface area (Å²) in [5, 5.41) is 8.76. The van der Waals surface area contributed by atoms with Crippen molar-refractivity contribution in [2.24, 2.45) is 0 Å². The number of alkyl halides is 1. The number of nitrogens with zero attached hydrogens (tertiary/aromatic N) is 4. The van der Waals surface area contributed by atoms with E-state index in [0.717, 1.165) is 5.52 Å². The van der Waals surface area contributed by atoms with Crippen LogP contribution in [0.25, 0.3) is 16.7 Å². The zero-order valence-electron chi connectivity index (χ0n) is 10.9. The fraction of sp³-hybridized carbons (Fsp3) is 0.308. The first-order valence-corrected chi connectivity index (χ1v) is 6.72. The van der Waals surface area contributed by atoms with Gasteiger partial charge in [0.25, 0.3) is 5.56 Å². The number of hydrogen-bond acceptors (Lipinski definition) is 4. The van der Waals surface area contributed by atoms with Gasteiger partial charge in [0.2, 0.25) is 5.78 Å². The topological polar surface area (TPSA) is 61.4 Å². The Morgan fingerprint density at radius 2 is 2.10 bits per heavy atom. The zero-order valence-corrected chi connectivity index (χ0v) is 11.7. The molecule has 0 radical (unpaired) electrons. The van der Waals surface area contributed by atoms with Crippen LogP contribution in [0.4, 0.5) is 0 Å². The van der Waals surface area contributed by atoms with Crippen LogP contribution in [0.2, 0.25) is 0 Å². The van der Waals surface area contributed by atoms with E-state index in [2.05, 4.69) is 10.2 Å². The van der Waals surface area contributed by atoms with E-state index in [-0.39, 0.29) is 11.4 Å². The lowest BCUT2D eigenvalue weighted by Gasteiger charge is -2.10. The highest BCUT2D eigenvalue weighted by Gasteiger charge is 2.15. The molecule has 1 aromatic carbocycles. The Kier molecular flexibility index (Phi) is 3.42. The van der Waals surface area contributed by atoms with Gasteiger partial charge in [0.15, 0.2) is 5.82 Å². The quantitative estimate of drug-likeness (QED) is 0.683. The number of benzene rings is 1. The van der Waals surface area contributed by atoms with Gasteiger partial charge in [0, 0.05) is 7.11 Å². The summed E-state index contributed by atoms with van der Waals surface area (Å²) >= 11 is 5.91. The van der Waals surface area contributed by atoms with Crippen molar-refractivity contribution >= 4 is 28.3 Å². The fourth-order valence-corrected chi connectivity index (χ4v) is 2.46. The second kappa shape index (κ2) is 5.22. The SMILES string of the molecule is COCCn1c(=O)c2ccccc2n2c(CCl)nnc12. The van der Waals surface area contributed by atoms with E-state index in [4.69, 9.17) is 16.3 Å². The van der Waals surface area contributed by atoms with Crippen LogP contribution >= 0.6 is 11.6 Å². The molecule has 0 amide bonds. The molecule has 6 nitrogen and oxygen atoms in total. The van der Waals surface area contributed by atoms with E-state index < -0.39 is 0 Å². The van der Waals surface area contributed by atoms with E-state index in [1.165, 1.54) is 0 Å². The maximum atomic E-state index is 12.5. The number of rotatable bonds is 4. The van der Waals surface area contributed by atoms with Crippen LogP contribution in [-0.4, -0.2) is 32.9 Å². The van der Waals surface area contributed by atoms with Crippen LogP contribution < -0.4 is 5.56 Å². The monoisotopic (exact) mass is 292 g/mol. The van der Waals surface area contributed by atoms with Gasteiger partial charge < -0.3 is 4.74 Å². The van der Waals surface area contributed by atoms with Crippen molar-refractivity contribution in [1.29, 1.82) is 0 Å². The van der Waals surface area contributed by atoms with Crippen LogP contribution in [0.3, 0.4) is 0 Å². The second-order valence-corrected chi connectivity index (χ2v) is 4.62. The number of hydrogen-bond donors (Lipinski definition) is 0. The summed E-state index contributed by atoms with van der Waals surface area (Å²) in [7, 11) is 1.59.